The smallest absolute Gasteiger partial charge is 0.395 e. The minimum Gasteiger partial charge on any atom is -0.395 e. The van der Waals surface area contributed by atoms with Gasteiger partial charge in [-0.15, -0.1) is 0 Å². The summed E-state index contributed by atoms with van der Waals surface area (Å²) >= 11 is 0. The number of β-amino-alcohol motifs (C(OH)–C–C–N with tert-alkyl or cyclic N) is 1. The Balaban J connectivity index is 2.05. The summed E-state index contributed by atoms with van der Waals surface area (Å²) in [7, 11) is 0. The average Bonchev–Trinajstić information content (AvgIpc) is 2.78. The molecule has 0 amide bonds. The lowest BCUT2D eigenvalue weighted by Gasteiger charge is -2.31. The summed E-state index contributed by atoms with van der Waals surface area (Å²) in [6.07, 6.45) is -1.79. The van der Waals surface area contributed by atoms with E-state index in [1.54, 1.807) is 0 Å². The van der Waals surface area contributed by atoms with E-state index >= 15 is 0 Å². The number of hydrogen-bond acceptors (Lipinski definition) is 3. The molecule has 2 heterocycles. The van der Waals surface area contributed by atoms with Crippen LogP contribution in [0, 0.1) is 0 Å². The highest BCUT2D eigenvalue weighted by molar-refractivity contribution is 5.09. The van der Waals surface area contributed by atoms with Crippen molar-refractivity contribution in [2.24, 2.45) is 0 Å². The number of likely N-dealkylation sites (tertiary alicyclic amines) is 1. The first-order valence-corrected chi connectivity index (χ1v) is 5.96. The second-order valence-corrected chi connectivity index (χ2v) is 4.54. The van der Waals surface area contributed by atoms with Crippen LogP contribution in [-0.2, 0) is 6.18 Å². The van der Waals surface area contributed by atoms with E-state index in [1.807, 2.05) is 4.90 Å². The Labute approximate surface area is 103 Å². The van der Waals surface area contributed by atoms with Crippen molar-refractivity contribution in [2.45, 2.75) is 24.9 Å². The van der Waals surface area contributed by atoms with Gasteiger partial charge < -0.3 is 15.0 Å². The summed E-state index contributed by atoms with van der Waals surface area (Å²) < 4.78 is 37.4. The van der Waals surface area contributed by atoms with Crippen LogP contribution in [0.15, 0.2) is 6.20 Å². The minimum atomic E-state index is -4.37. The van der Waals surface area contributed by atoms with E-state index in [9.17, 15) is 13.2 Å². The fourth-order valence-electron chi connectivity index (χ4n) is 2.31. The molecule has 2 N–H and O–H groups in total. The van der Waals surface area contributed by atoms with E-state index in [0.717, 1.165) is 25.6 Å². The summed E-state index contributed by atoms with van der Waals surface area (Å²) in [4.78, 5) is 8.24. The van der Waals surface area contributed by atoms with Gasteiger partial charge in [0.15, 0.2) is 0 Å². The summed E-state index contributed by atoms with van der Waals surface area (Å²) in [6, 6.07) is 0. The van der Waals surface area contributed by atoms with Gasteiger partial charge >= 0.3 is 6.18 Å². The van der Waals surface area contributed by atoms with E-state index in [1.165, 1.54) is 0 Å². The van der Waals surface area contributed by atoms with Gasteiger partial charge in [-0.3, -0.25) is 0 Å². The Morgan fingerprint density at radius 1 is 1.50 bits per heavy atom. The number of rotatable bonds is 3. The molecule has 7 heteroatoms. The van der Waals surface area contributed by atoms with Crippen LogP contribution in [0.25, 0.3) is 0 Å². The van der Waals surface area contributed by atoms with Gasteiger partial charge in [-0.1, -0.05) is 0 Å². The van der Waals surface area contributed by atoms with Crippen molar-refractivity contribution in [3.05, 3.63) is 17.7 Å². The van der Waals surface area contributed by atoms with E-state index in [4.69, 9.17) is 5.11 Å². The number of aromatic nitrogens is 2. The third kappa shape index (κ3) is 3.02. The molecule has 0 radical (unpaired) electrons. The highest BCUT2D eigenvalue weighted by Gasteiger charge is 2.34. The highest BCUT2D eigenvalue weighted by Crippen LogP contribution is 2.30. The standard InChI is InChI=1S/C11H16F3N3O/c12-11(13,14)9-6-15-10(16-9)8-2-1-3-17(7-8)4-5-18/h6,8,18H,1-5,7H2,(H,15,16). The van der Waals surface area contributed by atoms with Crippen molar-refractivity contribution in [1.82, 2.24) is 14.9 Å². The molecule has 0 spiro atoms. The van der Waals surface area contributed by atoms with Gasteiger partial charge in [0.1, 0.15) is 11.5 Å². The Hall–Kier alpha value is -1.08. The fraction of sp³-hybridized carbons (Fsp3) is 0.727. The Morgan fingerprint density at radius 3 is 2.89 bits per heavy atom. The number of alkyl halides is 3. The molecule has 1 unspecified atom stereocenters. The van der Waals surface area contributed by atoms with Gasteiger partial charge in [-0.2, -0.15) is 13.2 Å². The number of aromatic amines is 1. The van der Waals surface area contributed by atoms with Crippen molar-refractivity contribution in [3.8, 4) is 0 Å². The number of halogens is 3. The topological polar surface area (TPSA) is 52.1 Å². The summed E-state index contributed by atoms with van der Waals surface area (Å²) in [5.74, 6) is 0.381. The number of aliphatic hydroxyl groups excluding tert-OH is 1. The van der Waals surface area contributed by atoms with Gasteiger partial charge in [0.25, 0.3) is 0 Å². The monoisotopic (exact) mass is 263 g/mol. The second-order valence-electron chi connectivity index (χ2n) is 4.54. The predicted octanol–water partition coefficient (Wildman–Crippen LogP) is 1.60. The second kappa shape index (κ2) is 5.27. The maximum absolute atomic E-state index is 12.5. The molecule has 1 saturated heterocycles. The molecule has 1 atom stereocenters. The van der Waals surface area contributed by atoms with Crippen LogP contribution in [0.2, 0.25) is 0 Å². The quantitative estimate of drug-likeness (QED) is 0.871. The van der Waals surface area contributed by atoms with Crippen molar-refractivity contribution in [2.75, 3.05) is 26.2 Å². The zero-order valence-electron chi connectivity index (χ0n) is 9.87. The third-order valence-electron chi connectivity index (χ3n) is 3.21. The van der Waals surface area contributed by atoms with E-state index < -0.39 is 11.9 Å². The molecule has 18 heavy (non-hydrogen) atoms. The van der Waals surface area contributed by atoms with Crippen LogP contribution in [-0.4, -0.2) is 46.2 Å². The van der Waals surface area contributed by atoms with E-state index in [0.29, 0.717) is 18.9 Å². The first kappa shape index (κ1) is 13.4. The summed E-state index contributed by atoms with van der Waals surface area (Å²) in [5, 5.41) is 8.87. The molecule has 102 valence electrons. The zero-order valence-corrected chi connectivity index (χ0v) is 9.87. The van der Waals surface area contributed by atoms with Crippen molar-refractivity contribution in [1.29, 1.82) is 0 Å². The highest BCUT2D eigenvalue weighted by atomic mass is 19.4. The minimum absolute atomic E-state index is 0.0126. The molecule has 4 nitrogen and oxygen atoms in total. The van der Waals surface area contributed by atoms with Gasteiger partial charge in [-0.05, 0) is 19.4 Å². The number of hydrogen-bond donors (Lipinski definition) is 2. The van der Waals surface area contributed by atoms with E-state index in [2.05, 4.69) is 9.97 Å². The molecule has 0 saturated carbocycles. The number of aliphatic hydroxyl groups is 1. The molecule has 1 aliphatic heterocycles. The predicted molar refractivity (Wildman–Crippen MR) is 59.1 cm³/mol. The normalized spacial score (nSPS) is 22.3. The first-order chi connectivity index (χ1) is 8.50. The molecule has 1 aliphatic rings. The molecule has 2 rings (SSSR count). The number of imidazole rings is 1. The third-order valence-corrected chi connectivity index (χ3v) is 3.21. The first-order valence-electron chi connectivity index (χ1n) is 5.96. The van der Waals surface area contributed by atoms with Crippen LogP contribution in [0.1, 0.15) is 30.3 Å². The lowest BCUT2D eigenvalue weighted by atomic mass is 9.97. The largest absolute Gasteiger partial charge is 0.432 e. The van der Waals surface area contributed by atoms with Gasteiger partial charge in [-0.25, -0.2) is 4.98 Å². The molecule has 1 fully saturated rings. The van der Waals surface area contributed by atoms with Crippen LogP contribution in [0.3, 0.4) is 0 Å². The van der Waals surface area contributed by atoms with E-state index in [-0.39, 0.29) is 12.5 Å². The maximum Gasteiger partial charge on any atom is 0.432 e. The Bertz CT molecular complexity index is 389. The molecule has 0 aliphatic carbocycles. The van der Waals surface area contributed by atoms with Crippen LogP contribution in [0.5, 0.6) is 0 Å². The summed E-state index contributed by atoms with van der Waals surface area (Å²) in [5.41, 5.74) is -0.795. The van der Waals surface area contributed by atoms with Crippen molar-refractivity contribution in [3.63, 3.8) is 0 Å². The molecule has 0 bridgehead atoms. The van der Waals surface area contributed by atoms with Gasteiger partial charge in [0.2, 0.25) is 0 Å². The van der Waals surface area contributed by atoms with Crippen LogP contribution in [0.4, 0.5) is 13.2 Å². The number of piperidine rings is 1. The van der Waals surface area contributed by atoms with Crippen LogP contribution >= 0.6 is 0 Å². The lowest BCUT2D eigenvalue weighted by Crippen LogP contribution is -2.36. The van der Waals surface area contributed by atoms with Crippen molar-refractivity contribution >= 4 is 0 Å². The molecule has 1 aromatic rings. The zero-order chi connectivity index (χ0) is 13.2. The van der Waals surface area contributed by atoms with Gasteiger partial charge in [0.05, 0.1) is 12.8 Å². The Kier molecular flexibility index (Phi) is 3.91. The SMILES string of the molecule is OCCN1CCCC(c2ncc(C(F)(F)F)[nH]2)C1. The molecule has 0 aromatic carbocycles. The Morgan fingerprint density at radius 2 is 2.28 bits per heavy atom. The van der Waals surface area contributed by atoms with Crippen molar-refractivity contribution < 1.29 is 18.3 Å². The average molecular weight is 263 g/mol. The van der Waals surface area contributed by atoms with Gasteiger partial charge in [0, 0.05) is 19.0 Å². The number of nitrogens with one attached hydrogen (secondary N) is 1. The molecule has 1 aromatic heterocycles. The summed E-state index contributed by atoms with van der Waals surface area (Å²) in [6.45, 7) is 2.15. The lowest BCUT2D eigenvalue weighted by molar-refractivity contribution is -0.141. The fourth-order valence-corrected chi connectivity index (χ4v) is 2.31. The number of H-pyrrole nitrogens is 1. The number of nitrogens with zero attached hydrogens (tertiary/aromatic N) is 2. The van der Waals surface area contributed by atoms with Crippen LogP contribution < -0.4 is 0 Å². The molecular weight excluding hydrogens is 247 g/mol. The molecular formula is C11H16F3N3O. The maximum atomic E-state index is 12.5.